The van der Waals surface area contributed by atoms with Crippen molar-refractivity contribution in [2.24, 2.45) is 5.73 Å². The van der Waals surface area contributed by atoms with Gasteiger partial charge in [-0.25, -0.2) is 8.78 Å². The molecule has 1 aliphatic rings. The molecule has 0 spiro atoms. The highest BCUT2D eigenvalue weighted by atomic mass is 19.1. The molecule has 2 rings (SSSR count). The molecule has 0 radical (unpaired) electrons. The van der Waals surface area contributed by atoms with Crippen molar-refractivity contribution in [1.82, 2.24) is 10.2 Å². The molecule has 5 nitrogen and oxygen atoms in total. The Bertz CT molecular complexity index is 622. The van der Waals surface area contributed by atoms with Gasteiger partial charge in [0.1, 0.15) is 11.6 Å². The van der Waals surface area contributed by atoms with E-state index < -0.39 is 17.5 Å². The number of amides is 2. The van der Waals surface area contributed by atoms with E-state index in [2.05, 4.69) is 5.32 Å². The Kier molecular flexibility index (Phi) is 6.87. The highest BCUT2D eigenvalue weighted by Gasteiger charge is 2.28. The van der Waals surface area contributed by atoms with Gasteiger partial charge in [0, 0.05) is 37.7 Å². The van der Waals surface area contributed by atoms with Crippen molar-refractivity contribution in [2.75, 3.05) is 13.1 Å². The highest BCUT2D eigenvalue weighted by molar-refractivity contribution is 5.94. The minimum Gasteiger partial charge on any atom is -0.352 e. The largest absolute Gasteiger partial charge is 0.352 e. The number of halogens is 2. The molecule has 25 heavy (non-hydrogen) atoms. The van der Waals surface area contributed by atoms with E-state index in [0.717, 1.165) is 37.9 Å². The average Bonchev–Trinajstić information content (AvgIpc) is 2.58. The van der Waals surface area contributed by atoms with E-state index >= 15 is 0 Å². The molecule has 1 aliphatic heterocycles. The smallest absolute Gasteiger partial charge is 0.254 e. The summed E-state index contributed by atoms with van der Waals surface area (Å²) in [5.41, 5.74) is 5.76. The molecular formula is C18H25F2N3O2. The van der Waals surface area contributed by atoms with Crippen LogP contribution in [0.5, 0.6) is 0 Å². The van der Waals surface area contributed by atoms with Gasteiger partial charge in [-0.3, -0.25) is 9.59 Å². The maximum absolute atomic E-state index is 13.5. The summed E-state index contributed by atoms with van der Waals surface area (Å²) in [5.74, 6) is -2.22. The SMILES string of the molecule is CC(N)C1CCCCN1C(=O)CCCNC(=O)c1ccc(F)cc1F. The molecule has 0 saturated carbocycles. The Balaban J connectivity index is 1.78. The Labute approximate surface area is 146 Å². The number of nitrogens with two attached hydrogens (primary N) is 1. The summed E-state index contributed by atoms with van der Waals surface area (Å²) in [6, 6.07) is 2.82. The van der Waals surface area contributed by atoms with E-state index in [1.165, 1.54) is 0 Å². The van der Waals surface area contributed by atoms with Crippen molar-refractivity contribution in [1.29, 1.82) is 0 Å². The van der Waals surface area contributed by atoms with E-state index in [4.69, 9.17) is 5.73 Å². The first kappa shape index (κ1) is 19.3. The van der Waals surface area contributed by atoms with Gasteiger partial charge in [-0.15, -0.1) is 0 Å². The lowest BCUT2D eigenvalue weighted by Crippen LogP contribution is -2.51. The predicted octanol–water partition coefficient (Wildman–Crippen LogP) is 2.20. The Hall–Kier alpha value is -2.02. The molecule has 0 aliphatic carbocycles. The number of benzene rings is 1. The number of carbonyl (C=O) groups is 2. The van der Waals surface area contributed by atoms with Gasteiger partial charge in [0.05, 0.1) is 5.56 Å². The van der Waals surface area contributed by atoms with Gasteiger partial charge in [-0.1, -0.05) is 0 Å². The van der Waals surface area contributed by atoms with Crippen LogP contribution in [0.4, 0.5) is 8.78 Å². The number of nitrogens with one attached hydrogen (secondary N) is 1. The van der Waals surface area contributed by atoms with E-state index in [0.29, 0.717) is 18.9 Å². The van der Waals surface area contributed by atoms with Crippen molar-refractivity contribution in [2.45, 2.75) is 51.1 Å². The minimum atomic E-state index is -0.901. The van der Waals surface area contributed by atoms with Gasteiger partial charge in [-0.2, -0.15) is 0 Å². The van der Waals surface area contributed by atoms with Gasteiger partial charge in [0.15, 0.2) is 0 Å². The summed E-state index contributed by atoms with van der Waals surface area (Å²) in [5, 5.41) is 2.55. The Morgan fingerprint density at radius 2 is 2.12 bits per heavy atom. The first-order valence-corrected chi connectivity index (χ1v) is 8.68. The van der Waals surface area contributed by atoms with Crippen LogP contribution in [0.3, 0.4) is 0 Å². The zero-order chi connectivity index (χ0) is 18.4. The number of piperidine rings is 1. The first-order valence-electron chi connectivity index (χ1n) is 8.68. The third-order valence-corrected chi connectivity index (χ3v) is 4.51. The van der Waals surface area contributed by atoms with E-state index in [-0.39, 0.29) is 30.1 Å². The molecular weight excluding hydrogens is 328 g/mol. The molecule has 1 aromatic carbocycles. The van der Waals surface area contributed by atoms with E-state index in [1.807, 2.05) is 11.8 Å². The van der Waals surface area contributed by atoms with Gasteiger partial charge in [0.2, 0.25) is 5.91 Å². The maximum atomic E-state index is 13.5. The second kappa shape index (κ2) is 8.89. The van der Waals surface area contributed by atoms with Gasteiger partial charge >= 0.3 is 0 Å². The topological polar surface area (TPSA) is 75.4 Å². The van der Waals surface area contributed by atoms with Crippen LogP contribution in [0.15, 0.2) is 18.2 Å². The van der Waals surface area contributed by atoms with Crippen molar-refractivity contribution < 1.29 is 18.4 Å². The molecule has 7 heteroatoms. The molecule has 3 N–H and O–H groups in total. The number of rotatable bonds is 6. The number of likely N-dealkylation sites (tertiary alicyclic amines) is 1. The van der Waals surface area contributed by atoms with Crippen molar-refractivity contribution >= 4 is 11.8 Å². The maximum Gasteiger partial charge on any atom is 0.254 e. The van der Waals surface area contributed by atoms with Gasteiger partial charge < -0.3 is 16.0 Å². The zero-order valence-corrected chi connectivity index (χ0v) is 14.4. The molecule has 2 atom stereocenters. The van der Waals surface area contributed by atoms with Crippen LogP contribution >= 0.6 is 0 Å². The van der Waals surface area contributed by atoms with Crippen LogP contribution in [0, 0.1) is 11.6 Å². The predicted molar refractivity (Wildman–Crippen MR) is 90.9 cm³/mol. The molecule has 1 fully saturated rings. The molecule has 1 aromatic rings. The van der Waals surface area contributed by atoms with Crippen molar-refractivity contribution in [3.63, 3.8) is 0 Å². The minimum absolute atomic E-state index is 0.0317. The normalized spacial score (nSPS) is 18.7. The Morgan fingerprint density at radius 1 is 1.36 bits per heavy atom. The highest BCUT2D eigenvalue weighted by Crippen LogP contribution is 2.20. The summed E-state index contributed by atoms with van der Waals surface area (Å²) >= 11 is 0. The van der Waals surface area contributed by atoms with Crippen molar-refractivity contribution in [3.05, 3.63) is 35.4 Å². The fourth-order valence-electron chi connectivity index (χ4n) is 3.17. The van der Waals surface area contributed by atoms with Crippen LogP contribution in [-0.4, -0.2) is 41.9 Å². The summed E-state index contributed by atoms with van der Waals surface area (Å²) in [6.45, 7) is 2.88. The van der Waals surface area contributed by atoms with E-state index in [1.54, 1.807) is 0 Å². The lowest BCUT2D eigenvalue weighted by molar-refractivity contribution is -0.135. The lowest BCUT2D eigenvalue weighted by Gasteiger charge is -2.38. The standard InChI is InChI=1S/C18H25F2N3O2/c1-12(21)16-5-2-3-10-23(16)17(24)6-4-9-22-18(25)14-8-7-13(19)11-15(14)20/h7-8,11-12,16H,2-6,9-10,21H2,1H3,(H,22,25). The zero-order valence-electron chi connectivity index (χ0n) is 14.4. The average molecular weight is 353 g/mol. The summed E-state index contributed by atoms with van der Waals surface area (Å²) in [6.07, 6.45) is 3.74. The van der Waals surface area contributed by atoms with Gasteiger partial charge in [-0.05, 0) is 44.7 Å². The van der Waals surface area contributed by atoms with E-state index in [9.17, 15) is 18.4 Å². The summed E-state index contributed by atoms with van der Waals surface area (Å²) < 4.78 is 26.4. The summed E-state index contributed by atoms with van der Waals surface area (Å²) in [4.78, 5) is 26.1. The first-order chi connectivity index (χ1) is 11.9. The molecule has 2 amide bonds. The Morgan fingerprint density at radius 3 is 2.80 bits per heavy atom. The quantitative estimate of drug-likeness (QED) is 0.770. The number of carbonyl (C=O) groups excluding carboxylic acids is 2. The monoisotopic (exact) mass is 353 g/mol. The molecule has 2 unspecified atom stereocenters. The molecule has 138 valence electrons. The van der Waals surface area contributed by atoms with Crippen LogP contribution in [0.2, 0.25) is 0 Å². The number of nitrogens with zero attached hydrogens (tertiary/aromatic N) is 1. The van der Waals surface area contributed by atoms with Crippen LogP contribution < -0.4 is 11.1 Å². The number of hydrogen-bond donors (Lipinski definition) is 2. The second-order valence-corrected chi connectivity index (χ2v) is 6.49. The fraction of sp³-hybridized carbons (Fsp3) is 0.556. The third-order valence-electron chi connectivity index (χ3n) is 4.51. The molecule has 1 saturated heterocycles. The van der Waals surface area contributed by atoms with Crippen LogP contribution in [0.25, 0.3) is 0 Å². The van der Waals surface area contributed by atoms with Gasteiger partial charge in [0.25, 0.3) is 5.91 Å². The summed E-state index contributed by atoms with van der Waals surface area (Å²) in [7, 11) is 0. The lowest BCUT2D eigenvalue weighted by atomic mass is 9.96. The van der Waals surface area contributed by atoms with Crippen molar-refractivity contribution in [3.8, 4) is 0 Å². The molecule has 0 bridgehead atoms. The number of hydrogen-bond acceptors (Lipinski definition) is 3. The molecule has 0 aromatic heterocycles. The molecule has 1 heterocycles. The second-order valence-electron chi connectivity index (χ2n) is 6.49. The van der Waals surface area contributed by atoms with Crippen LogP contribution in [-0.2, 0) is 4.79 Å². The fourth-order valence-corrected chi connectivity index (χ4v) is 3.17. The third kappa shape index (κ3) is 5.22. The van der Waals surface area contributed by atoms with Crippen LogP contribution in [0.1, 0.15) is 49.4 Å².